The van der Waals surface area contributed by atoms with Crippen LogP contribution in [0.4, 0.5) is 0 Å². The molecule has 1 unspecified atom stereocenters. The van der Waals surface area contributed by atoms with E-state index in [-0.39, 0.29) is 5.91 Å². The highest BCUT2D eigenvalue weighted by molar-refractivity contribution is 5.78. The van der Waals surface area contributed by atoms with E-state index in [1.807, 2.05) is 0 Å². The summed E-state index contributed by atoms with van der Waals surface area (Å²) in [5.41, 5.74) is 0. The van der Waals surface area contributed by atoms with Crippen LogP contribution in [0.3, 0.4) is 0 Å². The van der Waals surface area contributed by atoms with Gasteiger partial charge in [0.1, 0.15) is 0 Å². The number of amides is 1. The zero-order chi connectivity index (χ0) is 12.3. The van der Waals surface area contributed by atoms with Crippen LogP contribution in [0, 0.1) is 0 Å². The number of carbonyl (C=O) groups excluding carboxylic acids is 1. The number of hydrogen-bond donors (Lipinski definition) is 1. The van der Waals surface area contributed by atoms with Gasteiger partial charge in [0.25, 0.3) is 0 Å². The van der Waals surface area contributed by atoms with E-state index in [9.17, 15) is 9.90 Å². The monoisotopic (exact) mass is 241 g/mol. The second kappa shape index (κ2) is 5.80. The van der Waals surface area contributed by atoms with Crippen LogP contribution in [0.5, 0.6) is 0 Å². The van der Waals surface area contributed by atoms with Gasteiger partial charge >= 0.3 is 0 Å². The fourth-order valence-electron chi connectivity index (χ4n) is 2.52. The van der Waals surface area contributed by atoms with Gasteiger partial charge in [0.15, 0.2) is 0 Å². The average Bonchev–Trinajstić information content (AvgIpc) is 2.60. The van der Waals surface area contributed by atoms with E-state index < -0.39 is 6.10 Å². The summed E-state index contributed by atoms with van der Waals surface area (Å²) in [6, 6.07) is 0. The Balaban J connectivity index is 1.61. The summed E-state index contributed by atoms with van der Waals surface area (Å²) in [6.07, 6.45) is 0.891. The lowest BCUT2D eigenvalue weighted by molar-refractivity contribution is -0.127. The van der Waals surface area contributed by atoms with Crippen LogP contribution in [0.15, 0.2) is 0 Å². The molecule has 1 amide bonds. The lowest BCUT2D eigenvalue weighted by atomic mass is 10.3. The molecule has 0 aliphatic carbocycles. The summed E-state index contributed by atoms with van der Waals surface area (Å²) in [5.74, 6) is 0.107. The van der Waals surface area contributed by atoms with E-state index in [1.54, 1.807) is 4.90 Å². The topological polar surface area (TPSA) is 47.0 Å². The summed E-state index contributed by atoms with van der Waals surface area (Å²) in [6.45, 7) is 6.93. The van der Waals surface area contributed by atoms with Gasteiger partial charge in [-0.05, 0) is 20.0 Å². The molecule has 2 aliphatic heterocycles. The molecule has 17 heavy (non-hydrogen) atoms. The Bertz CT molecular complexity index is 264. The Hall–Kier alpha value is -0.650. The molecule has 2 saturated heterocycles. The molecule has 98 valence electrons. The maximum absolute atomic E-state index is 11.5. The molecular weight excluding hydrogens is 218 g/mol. The van der Waals surface area contributed by atoms with E-state index in [1.165, 1.54) is 0 Å². The molecule has 2 aliphatic rings. The van der Waals surface area contributed by atoms with Crippen LogP contribution in [0.25, 0.3) is 0 Å². The fourth-order valence-corrected chi connectivity index (χ4v) is 2.52. The highest BCUT2D eigenvalue weighted by atomic mass is 16.3. The molecule has 0 aromatic carbocycles. The van der Waals surface area contributed by atoms with Crippen molar-refractivity contribution in [2.45, 2.75) is 18.9 Å². The van der Waals surface area contributed by atoms with E-state index >= 15 is 0 Å². The number of likely N-dealkylation sites (N-methyl/N-ethyl adjacent to an activating group) is 1. The first-order valence-corrected chi connectivity index (χ1v) is 6.52. The van der Waals surface area contributed by atoms with Crippen molar-refractivity contribution in [3.63, 3.8) is 0 Å². The zero-order valence-electron chi connectivity index (χ0n) is 10.6. The number of aliphatic hydroxyl groups excluding tert-OH is 1. The van der Waals surface area contributed by atoms with Gasteiger partial charge in [-0.25, -0.2) is 0 Å². The van der Waals surface area contributed by atoms with Crippen LogP contribution < -0.4 is 0 Å². The quantitative estimate of drug-likeness (QED) is 0.701. The van der Waals surface area contributed by atoms with Crippen LogP contribution in [-0.2, 0) is 4.79 Å². The fraction of sp³-hybridized carbons (Fsp3) is 0.917. The molecule has 5 heteroatoms. The normalized spacial score (nSPS) is 28.0. The zero-order valence-corrected chi connectivity index (χ0v) is 10.6. The largest absolute Gasteiger partial charge is 0.391 e. The van der Waals surface area contributed by atoms with E-state index in [4.69, 9.17) is 0 Å². The number of piperazine rings is 1. The van der Waals surface area contributed by atoms with E-state index in [2.05, 4.69) is 16.8 Å². The van der Waals surface area contributed by atoms with Gasteiger partial charge in [0.05, 0.1) is 12.5 Å². The van der Waals surface area contributed by atoms with Crippen LogP contribution in [-0.4, -0.2) is 84.7 Å². The standard InChI is InChI=1S/C12H23N3O2/c1-13-5-7-14(8-6-13)3-2-4-15-10-11(16)9-12(15)17/h11,16H,2-10H2,1H3. The number of nitrogens with zero attached hydrogens (tertiary/aromatic N) is 3. The van der Waals surface area contributed by atoms with E-state index in [0.717, 1.165) is 45.7 Å². The Morgan fingerprint density at radius 3 is 2.53 bits per heavy atom. The molecule has 2 rings (SSSR count). The molecule has 0 saturated carbocycles. The lowest BCUT2D eigenvalue weighted by Crippen LogP contribution is -2.45. The van der Waals surface area contributed by atoms with Crippen molar-refractivity contribution in [1.82, 2.24) is 14.7 Å². The number of aliphatic hydroxyl groups is 1. The van der Waals surface area contributed by atoms with Crippen LogP contribution >= 0.6 is 0 Å². The smallest absolute Gasteiger partial charge is 0.225 e. The van der Waals surface area contributed by atoms with Crippen molar-refractivity contribution in [1.29, 1.82) is 0 Å². The summed E-state index contributed by atoms with van der Waals surface area (Å²) < 4.78 is 0. The van der Waals surface area contributed by atoms with Gasteiger partial charge in [0.2, 0.25) is 5.91 Å². The van der Waals surface area contributed by atoms with Gasteiger partial charge in [-0.2, -0.15) is 0 Å². The molecule has 0 spiro atoms. The molecule has 2 fully saturated rings. The van der Waals surface area contributed by atoms with Gasteiger partial charge in [0, 0.05) is 39.3 Å². The molecule has 5 nitrogen and oxygen atoms in total. The first kappa shape index (κ1) is 12.8. The lowest BCUT2D eigenvalue weighted by Gasteiger charge is -2.32. The highest BCUT2D eigenvalue weighted by Crippen LogP contribution is 2.11. The minimum Gasteiger partial charge on any atom is -0.391 e. The first-order valence-electron chi connectivity index (χ1n) is 6.52. The molecule has 0 radical (unpaired) electrons. The van der Waals surface area contributed by atoms with Crippen molar-refractivity contribution in [3.05, 3.63) is 0 Å². The van der Waals surface area contributed by atoms with Crippen molar-refractivity contribution in [3.8, 4) is 0 Å². The van der Waals surface area contributed by atoms with Crippen molar-refractivity contribution < 1.29 is 9.90 Å². The minimum absolute atomic E-state index is 0.107. The van der Waals surface area contributed by atoms with E-state index in [0.29, 0.717) is 13.0 Å². The molecule has 0 aromatic heterocycles. The molecule has 0 bridgehead atoms. The van der Waals surface area contributed by atoms with Crippen LogP contribution in [0.1, 0.15) is 12.8 Å². The summed E-state index contributed by atoms with van der Waals surface area (Å²) in [5, 5.41) is 9.37. The third-order valence-electron chi connectivity index (χ3n) is 3.69. The van der Waals surface area contributed by atoms with Gasteiger partial charge < -0.3 is 19.8 Å². The van der Waals surface area contributed by atoms with Gasteiger partial charge in [-0.1, -0.05) is 0 Å². The predicted molar refractivity (Wildman–Crippen MR) is 65.8 cm³/mol. The predicted octanol–water partition coefficient (Wildman–Crippen LogP) is -0.783. The summed E-state index contributed by atoms with van der Waals surface area (Å²) in [7, 11) is 2.15. The summed E-state index contributed by atoms with van der Waals surface area (Å²) >= 11 is 0. The van der Waals surface area contributed by atoms with Crippen molar-refractivity contribution in [2.24, 2.45) is 0 Å². The molecule has 1 atom stereocenters. The van der Waals surface area contributed by atoms with Crippen molar-refractivity contribution >= 4 is 5.91 Å². The number of carbonyl (C=O) groups is 1. The Morgan fingerprint density at radius 1 is 1.24 bits per heavy atom. The maximum Gasteiger partial charge on any atom is 0.225 e. The molecule has 0 aromatic rings. The maximum atomic E-state index is 11.5. The second-order valence-corrected chi connectivity index (χ2v) is 5.20. The molecular formula is C12H23N3O2. The molecule has 1 N–H and O–H groups in total. The number of rotatable bonds is 4. The number of β-amino-alcohol motifs (C(OH)–C–C–N with tert-alkyl or cyclic N) is 1. The van der Waals surface area contributed by atoms with Gasteiger partial charge in [-0.15, -0.1) is 0 Å². The van der Waals surface area contributed by atoms with Crippen LogP contribution in [0.2, 0.25) is 0 Å². The Labute approximate surface area is 103 Å². The third kappa shape index (κ3) is 3.66. The summed E-state index contributed by atoms with van der Waals surface area (Å²) in [4.78, 5) is 18.0. The average molecular weight is 241 g/mol. The Morgan fingerprint density at radius 2 is 1.94 bits per heavy atom. The first-order chi connectivity index (χ1) is 8.15. The minimum atomic E-state index is -0.439. The Kier molecular flexibility index (Phi) is 4.36. The SMILES string of the molecule is CN1CCN(CCCN2CC(O)CC2=O)CC1. The van der Waals surface area contributed by atoms with Crippen molar-refractivity contribution in [2.75, 3.05) is 52.9 Å². The molecule has 2 heterocycles. The number of likely N-dealkylation sites (tertiary alicyclic amines) is 1. The number of hydrogen-bond acceptors (Lipinski definition) is 4. The third-order valence-corrected chi connectivity index (χ3v) is 3.69. The second-order valence-electron chi connectivity index (χ2n) is 5.20. The van der Waals surface area contributed by atoms with Gasteiger partial charge in [-0.3, -0.25) is 4.79 Å². The highest BCUT2D eigenvalue weighted by Gasteiger charge is 2.27.